The summed E-state index contributed by atoms with van der Waals surface area (Å²) in [5.41, 5.74) is -1.03. The van der Waals surface area contributed by atoms with Gasteiger partial charge in [-0.25, -0.2) is 0 Å². The van der Waals surface area contributed by atoms with Gasteiger partial charge in [-0.2, -0.15) is 0 Å². The quantitative estimate of drug-likeness (QED) is 0.565. The van der Waals surface area contributed by atoms with E-state index in [-0.39, 0.29) is 11.2 Å². The Kier molecular flexibility index (Phi) is 1.68. The van der Waals surface area contributed by atoms with E-state index in [1.54, 1.807) is 6.92 Å². The van der Waals surface area contributed by atoms with E-state index >= 15 is 0 Å². The highest BCUT2D eigenvalue weighted by Gasteiger charge is 2.38. The van der Waals surface area contributed by atoms with E-state index in [1.165, 1.54) is 0 Å². The molecule has 1 fully saturated rings. The summed E-state index contributed by atoms with van der Waals surface area (Å²) in [5.74, 6) is 0.231. The highest BCUT2D eigenvalue weighted by molar-refractivity contribution is 5.85. The predicted molar refractivity (Wildman–Crippen MR) is 55.6 cm³/mol. The van der Waals surface area contributed by atoms with Crippen molar-refractivity contribution in [2.24, 2.45) is 16.7 Å². The molecule has 0 unspecified atom stereocenters. The molecule has 1 aliphatic carbocycles. The number of carbonyl (C=O) groups excluding carboxylic acids is 1. The Bertz CT molecular complexity index is 288. The molecule has 0 N–H and O–H groups in total. The Morgan fingerprint density at radius 1 is 1.54 bits per heavy atom. The van der Waals surface area contributed by atoms with Gasteiger partial charge in [-0.3, -0.25) is 4.79 Å². The van der Waals surface area contributed by atoms with Crippen molar-refractivity contribution in [2.45, 2.75) is 53.8 Å². The summed E-state index contributed by atoms with van der Waals surface area (Å²) in [4.78, 5) is 12.1. The van der Waals surface area contributed by atoms with Crippen molar-refractivity contribution < 1.29 is 8.91 Å². The van der Waals surface area contributed by atoms with Gasteiger partial charge in [0.1, 0.15) is 5.78 Å². The molecule has 13 heavy (non-hydrogen) atoms. The summed E-state index contributed by atoms with van der Waals surface area (Å²) in [6, 6.07) is 0. The second-order valence-corrected chi connectivity index (χ2v) is 5.56. The standard InChI is InChI=1S/C12H22O/c1-11(2,3)9-6-7-12(4,5)10(13)8-9/h9H,6-8H2,1-5H3/t9-/m0/s1/i4D3/t9-,12-. The molecule has 76 valence electrons. The molecule has 0 heterocycles. The van der Waals surface area contributed by atoms with Gasteiger partial charge in [0, 0.05) is 15.9 Å². The zero-order valence-electron chi connectivity index (χ0n) is 12.1. The van der Waals surface area contributed by atoms with Crippen LogP contribution in [0.15, 0.2) is 0 Å². The predicted octanol–water partition coefficient (Wildman–Crippen LogP) is 3.43. The first-order chi connectivity index (χ1) is 6.98. The normalized spacial score (nSPS) is 40.8. The lowest BCUT2D eigenvalue weighted by Crippen LogP contribution is -2.36. The van der Waals surface area contributed by atoms with Gasteiger partial charge in [-0.1, -0.05) is 34.5 Å². The van der Waals surface area contributed by atoms with E-state index in [0.29, 0.717) is 18.8 Å². The van der Waals surface area contributed by atoms with E-state index in [2.05, 4.69) is 20.8 Å². The molecule has 1 heteroatoms. The number of hydrogen-bond donors (Lipinski definition) is 0. The van der Waals surface area contributed by atoms with Crippen molar-refractivity contribution in [1.82, 2.24) is 0 Å². The lowest BCUT2D eigenvalue weighted by Gasteiger charge is -2.39. The Morgan fingerprint density at radius 3 is 2.54 bits per heavy atom. The zero-order chi connectivity index (χ0) is 12.8. The van der Waals surface area contributed by atoms with Crippen molar-refractivity contribution >= 4 is 5.78 Å². The first-order valence-corrected chi connectivity index (χ1v) is 5.02. The molecule has 0 saturated heterocycles. The van der Waals surface area contributed by atoms with Crippen molar-refractivity contribution in [3.05, 3.63) is 0 Å². The Hall–Kier alpha value is -0.330. The highest BCUT2D eigenvalue weighted by atomic mass is 16.1. The van der Waals surface area contributed by atoms with Crippen LogP contribution >= 0.6 is 0 Å². The molecule has 1 saturated carbocycles. The van der Waals surface area contributed by atoms with Crippen LogP contribution in [0.2, 0.25) is 0 Å². The average Bonchev–Trinajstić information content (AvgIpc) is 2.05. The number of rotatable bonds is 0. The molecule has 0 amide bonds. The Labute approximate surface area is 86.1 Å². The van der Waals surface area contributed by atoms with Gasteiger partial charge in [0.25, 0.3) is 0 Å². The van der Waals surface area contributed by atoms with Gasteiger partial charge >= 0.3 is 0 Å². The van der Waals surface area contributed by atoms with E-state index in [1.807, 2.05) is 0 Å². The number of hydrogen-bond acceptors (Lipinski definition) is 1. The molecule has 1 rings (SSSR count). The fraction of sp³-hybridized carbons (Fsp3) is 0.917. The molecular formula is C12H22O. The summed E-state index contributed by atoms with van der Waals surface area (Å²) in [7, 11) is 0. The summed E-state index contributed by atoms with van der Waals surface area (Å²) in [5, 5.41) is 0. The number of ketones is 1. The van der Waals surface area contributed by atoms with Crippen LogP contribution in [-0.4, -0.2) is 5.78 Å². The van der Waals surface area contributed by atoms with Crippen molar-refractivity contribution in [3.63, 3.8) is 0 Å². The van der Waals surface area contributed by atoms with Crippen LogP contribution in [0.25, 0.3) is 0 Å². The van der Waals surface area contributed by atoms with Gasteiger partial charge in [0.15, 0.2) is 0 Å². The number of Topliss-reactive ketones (excluding diaryl/α,β-unsaturated/α-hetero) is 1. The minimum absolute atomic E-state index is 0.0846. The number of carbonyl (C=O) groups is 1. The molecule has 0 aliphatic heterocycles. The SMILES string of the molecule is [2H]C([2H])([2H])[C@]1(C)CC[C@H](C(C)(C)C)CC1=O. The molecule has 0 aromatic carbocycles. The topological polar surface area (TPSA) is 17.1 Å². The van der Waals surface area contributed by atoms with Crippen LogP contribution in [0.3, 0.4) is 0 Å². The van der Waals surface area contributed by atoms with E-state index < -0.39 is 12.3 Å². The summed E-state index contributed by atoms with van der Waals surface area (Å²) >= 11 is 0. The first kappa shape index (κ1) is 7.03. The maximum Gasteiger partial charge on any atom is 0.138 e. The van der Waals surface area contributed by atoms with Crippen LogP contribution in [0.4, 0.5) is 0 Å². The fourth-order valence-corrected chi connectivity index (χ4v) is 1.89. The van der Waals surface area contributed by atoms with Crippen molar-refractivity contribution in [2.75, 3.05) is 0 Å². The van der Waals surface area contributed by atoms with Crippen molar-refractivity contribution in [3.8, 4) is 0 Å². The maximum absolute atomic E-state index is 12.1. The van der Waals surface area contributed by atoms with Gasteiger partial charge in [0.2, 0.25) is 0 Å². The molecule has 0 radical (unpaired) electrons. The largest absolute Gasteiger partial charge is 0.299 e. The lowest BCUT2D eigenvalue weighted by atomic mass is 9.65. The van der Waals surface area contributed by atoms with Gasteiger partial charge in [0.05, 0.1) is 0 Å². The van der Waals surface area contributed by atoms with Crippen LogP contribution in [0.5, 0.6) is 0 Å². The third-order valence-electron chi connectivity index (χ3n) is 3.26. The minimum atomic E-state index is -2.16. The maximum atomic E-state index is 12.1. The fourth-order valence-electron chi connectivity index (χ4n) is 1.89. The van der Waals surface area contributed by atoms with Crippen LogP contribution < -0.4 is 0 Å². The van der Waals surface area contributed by atoms with Gasteiger partial charge in [-0.15, -0.1) is 0 Å². The van der Waals surface area contributed by atoms with Gasteiger partial charge < -0.3 is 0 Å². The zero-order valence-corrected chi connectivity index (χ0v) is 9.11. The Balaban J connectivity index is 2.85. The van der Waals surface area contributed by atoms with Crippen LogP contribution in [0, 0.1) is 16.7 Å². The Morgan fingerprint density at radius 2 is 2.15 bits per heavy atom. The smallest absolute Gasteiger partial charge is 0.138 e. The van der Waals surface area contributed by atoms with E-state index in [0.717, 1.165) is 6.42 Å². The molecule has 1 aliphatic rings. The first-order valence-electron chi connectivity index (χ1n) is 6.52. The minimum Gasteiger partial charge on any atom is -0.299 e. The molecular weight excluding hydrogens is 160 g/mol. The second kappa shape index (κ2) is 3.11. The summed E-state index contributed by atoms with van der Waals surface area (Å²) in [6.07, 6.45) is 1.74. The van der Waals surface area contributed by atoms with Crippen LogP contribution in [0.1, 0.15) is 57.9 Å². The van der Waals surface area contributed by atoms with Crippen molar-refractivity contribution in [1.29, 1.82) is 0 Å². The molecule has 0 bridgehead atoms. The molecule has 0 aromatic heterocycles. The average molecular weight is 185 g/mol. The van der Waals surface area contributed by atoms with Gasteiger partial charge in [-0.05, 0) is 24.2 Å². The molecule has 0 spiro atoms. The monoisotopic (exact) mass is 185 g/mol. The highest BCUT2D eigenvalue weighted by Crippen LogP contribution is 2.42. The molecule has 2 atom stereocenters. The lowest BCUT2D eigenvalue weighted by molar-refractivity contribution is -0.132. The molecule has 1 nitrogen and oxygen atoms in total. The summed E-state index contributed by atoms with van der Waals surface area (Å²) < 4.78 is 22.5. The van der Waals surface area contributed by atoms with E-state index in [9.17, 15) is 4.79 Å². The second-order valence-electron chi connectivity index (χ2n) is 5.56. The van der Waals surface area contributed by atoms with E-state index in [4.69, 9.17) is 4.11 Å². The molecule has 0 aromatic rings. The van der Waals surface area contributed by atoms with Crippen LogP contribution in [-0.2, 0) is 4.79 Å². The summed E-state index contributed by atoms with van der Waals surface area (Å²) in [6.45, 7) is 5.78. The third kappa shape index (κ3) is 2.32. The third-order valence-corrected chi connectivity index (χ3v) is 3.26.